The first-order valence-electron chi connectivity index (χ1n) is 7.77. The summed E-state index contributed by atoms with van der Waals surface area (Å²) >= 11 is 1.35. The molecule has 0 unspecified atom stereocenters. The number of hydrogen-bond acceptors (Lipinski definition) is 5. The number of alkyl halides is 3. The van der Waals surface area contributed by atoms with Crippen molar-refractivity contribution >= 4 is 27.5 Å². The van der Waals surface area contributed by atoms with Gasteiger partial charge in [-0.3, -0.25) is 15.0 Å². The summed E-state index contributed by atoms with van der Waals surface area (Å²) in [5.41, 5.74) is 3.21. The Morgan fingerprint density at radius 2 is 2.00 bits per heavy atom. The van der Waals surface area contributed by atoms with Gasteiger partial charge in [-0.2, -0.15) is 13.2 Å². The molecule has 2 heterocycles. The third-order valence-electron chi connectivity index (χ3n) is 3.60. The van der Waals surface area contributed by atoms with E-state index in [0.717, 1.165) is 21.4 Å². The molecule has 0 fully saturated rings. The lowest BCUT2D eigenvalue weighted by molar-refractivity contribution is -0.174. The van der Waals surface area contributed by atoms with Gasteiger partial charge >= 0.3 is 6.18 Å². The molecule has 6 nitrogen and oxygen atoms in total. The molecule has 27 heavy (non-hydrogen) atoms. The summed E-state index contributed by atoms with van der Waals surface area (Å²) in [6.45, 7) is -0.519. The first-order chi connectivity index (χ1) is 12.8. The van der Waals surface area contributed by atoms with Gasteiger partial charge in [0.25, 0.3) is 11.5 Å². The minimum absolute atomic E-state index is 0.336. The molecule has 1 aromatic carbocycles. The van der Waals surface area contributed by atoms with Crippen LogP contribution in [0.3, 0.4) is 0 Å². The molecule has 142 valence electrons. The van der Waals surface area contributed by atoms with Crippen molar-refractivity contribution in [2.75, 3.05) is 18.6 Å². The van der Waals surface area contributed by atoms with Crippen molar-refractivity contribution in [3.63, 3.8) is 0 Å². The molecule has 0 radical (unpaired) electrons. The van der Waals surface area contributed by atoms with Crippen LogP contribution in [0.15, 0.2) is 41.5 Å². The molecule has 0 atom stereocenters. The lowest BCUT2D eigenvalue weighted by Crippen LogP contribution is -2.35. The Hall–Kier alpha value is -2.72. The third-order valence-corrected chi connectivity index (χ3v) is 4.61. The largest absolute Gasteiger partial charge is 0.411 e. The average molecular weight is 397 g/mol. The number of aryl methyl sites for hydroxylation is 1. The Bertz CT molecular complexity index is 1030. The number of nitrogens with zero attached hydrogens (tertiary/aromatic N) is 2. The zero-order valence-electron chi connectivity index (χ0n) is 14.0. The zero-order valence-corrected chi connectivity index (χ0v) is 14.9. The summed E-state index contributed by atoms with van der Waals surface area (Å²) < 4.78 is 41.3. The van der Waals surface area contributed by atoms with Gasteiger partial charge in [-0.05, 0) is 12.5 Å². The molecular formula is C17H14F3N3O3S. The molecule has 0 spiro atoms. The number of carbonyl (C=O) groups is 1. The monoisotopic (exact) mass is 397 g/mol. The minimum atomic E-state index is -4.53. The number of rotatable bonds is 5. The van der Waals surface area contributed by atoms with E-state index in [2.05, 4.69) is 15.1 Å². The molecule has 1 amide bonds. The van der Waals surface area contributed by atoms with Gasteiger partial charge in [-0.25, -0.2) is 9.66 Å². The first kappa shape index (κ1) is 19.1. The van der Waals surface area contributed by atoms with Crippen molar-refractivity contribution in [1.82, 2.24) is 9.66 Å². The number of hydrogen-bond donors (Lipinski definition) is 1. The molecule has 0 bridgehead atoms. The molecule has 3 rings (SSSR count). The van der Waals surface area contributed by atoms with Gasteiger partial charge in [0.2, 0.25) is 0 Å². The lowest BCUT2D eigenvalue weighted by atomic mass is 10.0. The Balaban J connectivity index is 1.89. The Labute approximate surface area is 155 Å². The molecular weight excluding hydrogens is 383 g/mol. The summed E-state index contributed by atoms with van der Waals surface area (Å²) in [5, 5.41) is 0.336. The Kier molecular flexibility index (Phi) is 5.29. The lowest BCUT2D eigenvalue weighted by Gasteiger charge is -2.10. The van der Waals surface area contributed by atoms with E-state index in [1.54, 1.807) is 0 Å². The van der Waals surface area contributed by atoms with Crippen molar-refractivity contribution < 1.29 is 22.7 Å². The highest BCUT2D eigenvalue weighted by Crippen LogP contribution is 2.35. The van der Waals surface area contributed by atoms with Gasteiger partial charge in [0.05, 0.1) is 5.39 Å². The van der Waals surface area contributed by atoms with Gasteiger partial charge in [-0.15, -0.1) is 11.3 Å². The molecule has 0 saturated carbocycles. The number of ether oxygens (including phenoxy) is 1. The fraction of sp³-hybridized carbons (Fsp3) is 0.235. The molecule has 10 heteroatoms. The Morgan fingerprint density at radius 1 is 1.30 bits per heavy atom. The van der Waals surface area contributed by atoms with E-state index < -0.39 is 30.9 Å². The second-order valence-corrected chi connectivity index (χ2v) is 6.85. The van der Waals surface area contributed by atoms with Crippen LogP contribution in [-0.4, -0.2) is 35.0 Å². The van der Waals surface area contributed by atoms with E-state index in [4.69, 9.17) is 0 Å². The predicted molar refractivity (Wildman–Crippen MR) is 95.3 cm³/mol. The Morgan fingerprint density at radius 3 is 2.67 bits per heavy atom. The van der Waals surface area contributed by atoms with E-state index in [1.807, 2.05) is 37.3 Å². The maximum absolute atomic E-state index is 12.8. The van der Waals surface area contributed by atoms with Gasteiger partial charge in [0.1, 0.15) is 24.4 Å². The molecule has 0 aliphatic carbocycles. The van der Waals surface area contributed by atoms with E-state index in [0.29, 0.717) is 15.8 Å². The highest BCUT2D eigenvalue weighted by Gasteiger charge is 2.27. The molecule has 0 aliphatic heterocycles. The van der Waals surface area contributed by atoms with Crippen molar-refractivity contribution in [3.8, 4) is 11.1 Å². The van der Waals surface area contributed by atoms with Crippen LogP contribution in [0.2, 0.25) is 0 Å². The standard InChI is InChI=1S/C17H14F3N3O3S/c1-10-13(11-5-3-2-4-6-11)14-15(27-10)21-9-23(16(14)25)22-12(24)7-26-8-17(18,19)20/h2-6,9H,7-8H2,1H3,(H,22,24). The number of carbonyl (C=O) groups excluding carboxylic acids is 1. The van der Waals surface area contributed by atoms with Crippen LogP contribution >= 0.6 is 11.3 Å². The van der Waals surface area contributed by atoms with Crippen LogP contribution in [0.25, 0.3) is 21.3 Å². The highest BCUT2D eigenvalue weighted by molar-refractivity contribution is 7.19. The molecule has 2 aromatic heterocycles. The van der Waals surface area contributed by atoms with E-state index >= 15 is 0 Å². The van der Waals surface area contributed by atoms with E-state index in [1.165, 1.54) is 11.3 Å². The van der Waals surface area contributed by atoms with Gasteiger partial charge in [-0.1, -0.05) is 30.3 Å². The first-order valence-corrected chi connectivity index (χ1v) is 8.58. The maximum Gasteiger partial charge on any atom is 0.411 e. The summed E-state index contributed by atoms with van der Waals surface area (Å²) in [6, 6.07) is 9.24. The van der Waals surface area contributed by atoms with Crippen LogP contribution in [0.1, 0.15) is 4.88 Å². The van der Waals surface area contributed by atoms with Crippen LogP contribution in [0, 0.1) is 6.92 Å². The van der Waals surface area contributed by atoms with E-state index in [-0.39, 0.29) is 0 Å². The zero-order chi connectivity index (χ0) is 19.6. The maximum atomic E-state index is 12.8. The molecule has 0 saturated heterocycles. The smallest absolute Gasteiger partial charge is 0.362 e. The molecule has 3 aromatic rings. The predicted octanol–water partition coefficient (Wildman–Crippen LogP) is 3.08. The second-order valence-electron chi connectivity index (χ2n) is 5.64. The minimum Gasteiger partial charge on any atom is -0.362 e. The fourth-order valence-corrected chi connectivity index (χ4v) is 3.56. The number of aromatic nitrogens is 2. The van der Waals surface area contributed by atoms with Crippen LogP contribution in [-0.2, 0) is 9.53 Å². The number of amides is 1. The number of thiophene rings is 1. The van der Waals surface area contributed by atoms with Gasteiger partial charge < -0.3 is 4.74 Å². The van der Waals surface area contributed by atoms with Gasteiger partial charge in [0.15, 0.2) is 0 Å². The second kappa shape index (κ2) is 7.49. The van der Waals surface area contributed by atoms with Crippen molar-refractivity contribution in [1.29, 1.82) is 0 Å². The fourth-order valence-electron chi connectivity index (χ4n) is 2.56. The topological polar surface area (TPSA) is 73.2 Å². The SMILES string of the molecule is Cc1sc2ncn(NC(=O)COCC(F)(F)F)c(=O)c2c1-c1ccccc1. The summed E-state index contributed by atoms with van der Waals surface area (Å²) in [7, 11) is 0. The van der Waals surface area contributed by atoms with Crippen LogP contribution in [0.5, 0.6) is 0 Å². The molecule has 1 N–H and O–H groups in total. The molecule has 0 aliphatic rings. The van der Waals surface area contributed by atoms with Crippen molar-refractivity contribution in [2.24, 2.45) is 0 Å². The van der Waals surface area contributed by atoms with Crippen molar-refractivity contribution in [3.05, 3.63) is 51.9 Å². The van der Waals surface area contributed by atoms with E-state index in [9.17, 15) is 22.8 Å². The van der Waals surface area contributed by atoms with Crippen LogP contribution in [0.4, 0.5) is 13.2 Å². The number of benzene rings is 1. The quantitative estimate of drug-likeness (QED) is 0.718. The number of halogens is 3. The summed E-state index contributed by atoms with van der Waals surface area (Å²) in [6.07, 6.45) is -3.41. The normalized spacial score (nSPS) is 11.7. The van der Waals surface area contributed by atoms with Crippen LogP contribution < -0.4 is 11.0 Å². The summed E-state index contributed by atoms with van der Waals surface area (Å²) in [5.74, 6) is -0.893. The van der Waals surface area contributed by atoms with Crippen molar-refractivity contribution in [2.45, 2.75) is 13.1 Å². The van der Waals surface area contributed by atoms with Gasteiger partial charge in [0, 0.05) is 10.4 Å². The number of nitrogens with one attached hydrogen (secondary N) is 1. The highest BCUT2D eigenvalue weighted by atomic mass is 32.1. The average Bonchev–Trinajstić information content (AvgIpc) is 2.94. The number of fused-ring (bicyclic) bond motifs is 1. The summed E-state index contributed by atoms with van der Waals surface area (Å²) in [4.78, 5) is 30.1. The third kappa shape index (κ3) is 4.34.